The van der Waals surface area contributed by atoms with Gasteiger partial charge in [-0.15, -0.1) is 0 Å². The SMILES string of the molecule is C.NC1=CCCc2ccccc21. The van der Waals surface area contributed by atoms with Crippen molar-refractivity contribution in [1.29, 1.82) is 0 Å². The summed E-state index contributed by atoms with van der Waals surface area (Å²) in [5.41, 5.74) is 9.35. The molecule has 12 heavy (non-hydrogen) atoms. The summed E-state index contributed by atoms with van der Waals surface area (Å²) in [6.07, 6.45) is 4.32. The molecule has 0 atom stereocenters. The van der Waals surface area contributed by atoms with E-state index < -0.39 is 0 Å². The molecule has 0 spiro atoms. The van der Waals surface area contributed by atoms with Gasteiger partial charge in [-0.25, -0.2) is 0 Å². The van der Waals surface area contributed by atoms with Crippen molar-refractivity contribution in [3.63, 3.8) is 0 Å². The van der Waals surface area contributed by atoms with E-state index in [1.54, 1.807) is 0 Å². The highest BCUT2D eigenvalue weighted by atomic mass is 14.6. The molecule has 0 saturated heterocycles. The van der Waals surface area contributed by atoms with E-state index in [1.807, 2.05) is 6.07 Å². The fourth-order valence-electron chi connectivity index (χ4n) is 1.51. The van der Waals surface area contributed by atoms with E-state index in [2.05, 4.69) is 24.3 Å². The van der Waals surface area contributed by atoms with Gasteiger partial charge in [0.15, 0.2) is 0 Å². The lowest BCUT2D eigenvalue weighted by Gasteiger charge is -2.13. The molecule has 0 aliphatic heterocycles. The Bertz CT molecular complexity index is 300. The third-order valence-electron chi connectivity index (χ3n) is 2.11. The molecule has 0 heterocycles. The summed E-state index contributed by atoms with van der Waals surface area (Å²) in [6.45, 7) is 0. The fourth-order valence-corrected chi connectivity index (χ4v) is 1.51. The van der Waals surface area contributed by atoms with Crippen LogP contribution < -0.4 is 5.73 Å². The molecule has 2 rings (SSSR count). The van der Waals surface area contributed by atoms with Gasteiger partial charge in [-0.3, -0.25) is 0 Å². The van der Waals surface area contributed by atoms with Gasteiger partial charge < -0.3 is 5.73 Å². The predicted octanol–water partition coefficient (Wildman–Crippen LogP) is 2.57. The molecular weight excluding hydrogens is 146 g/mol. The first-order chi connectivity index (χ1) is 5.38. The molecule has 2 N–H and O–H groups in total. The maximum absolute atomic E-state index is 5.81. The zero-order valence-electron chi connectivity index (χ0n) is 6.38. The van der Waals surface area contributed by atoms with E-state index in [0.717, 1.165) is 18.5 Å². The van der Waals surface area contributed by atoms with Crippen LogP contribution in [-0.4, -0.2) is 0 Å². The Morgan fingerprint density at radius 2 is 1.92 bits per heavy atom. The molecule has 1 nitrogen and oxygen atoms in total. The van der Waals surface area contributed by atoms with Crippen molar-refractivity contribution in [1.82, 2.24) is 0 Å². The Kier molecular flexibility index (Phi) is 2.54. The van der Waals surface area contributed by atoms with Crippen LogP contribution in [0.5, 0.6) is 0 Å². The number of nitrogens with two attached hydrogens (primary N) is 1. The number of hydrogen-bond acceptors (Lipinski definition) is 1. The van der Waals surface area contributed by atoms with Crippen LogP contribution in [0.15, 0.2) is 30.3 Å². The van der Waals surface area contributed by atoms with Gasteiger partial charge in [0.2, 0.25) is 0 Å². The standard InChI is InChI=1S/C10H11N.CH4/c11-10-7-3-5-8-4-1-2-6-9(8)10;/h1-2,4,6-7H,3,5,11H2;1H4. The van der Waals surface area contributed by atoms with Crippen molar-refractivity contribution in [2.75, 3.05) is 0 Å². The third kappa shape index (κ3) is 1.35. The summed E-state index contributed by atoms with van der Waals surface area (Å²) in [5, 5.41) is 0. The van der Waals surface area contributed by atoms with Crippen molar-refractivity contribution in [2.45, 2.75) is 20.3 Å². The number of fused-ring (bicyclic) bond motifs is 1. The smallest absolute Gasteiger partial charge is 0.0350 e. The number of rotatable bonds is 0. The number of hydrogen-bond donors (Lipinski definition) is 1. The van der Waals surface area contributed by atoms with Crippen LogP contribution in [-0.2, 0) is 6.42 Å². The zero-order chi connectivity index (χ0) is 7.68. The van der Waals surface area contributed by atoms with Crippen molar-refractivity contribution < 1.29 is 0 Å². The Labute approximate surface area is 73.9 Å². The van der Waals surface area contributed by atoms with Gasteiger partial charge in [-0.1, -0.05) is 37.8 Å². The maximum atomic E-state index is 5.81. The second kappa shape index (κ2) is 3.44. The minimum Gasteiger partial charge on any atom is -0.398 e. The van der Waals surface area contributed by atoms with Crippen LogP contribution in [0.2, 0.25) is 0 Å². The summed E-state index contributed by atoms with van der Waals surface area (Å²) in [5.74, 6) is 0. The zero-order valence-corrected chi connectivity index (χ0v) is 6.38. The lowest BCUT2D eigenvalue weighted by atomic mass is 9.95. The second-order valence-corrected chi connectivity index (χ2v) is 2.86. The van der Waals surface area contributed by atoms with E-state index in [-0.39, 0.29) is 7.43 Å². The lowest BCUT2D eigenvalue weighted by Crippen LogP contribution is -2.05. The Morgan fingerprint density at radius 1 is 1.17 bits per heavy atom. The molecule has 0 saturated carbocycles. The third-order valence-corrected chi connectivity index (χ3v) is 2.11. The molecule has 1 aliphatic rings. The first-order valence-corrected chi connectivity index (χ1v) is 3.92. The highest BCUT2D eigenvalue weighted by Crippen LogP contribution is 2.21. The van der Waals surface area contributed by atoms with Gasteiger partial charge in [0, 0.05) is 11.3 Å². The Morgan fingerprint density at radius 3 is 2.67 bits per heavy atom. The van der Waals surface area contributed by atoms with Gasteiger partial charge in [0.05, 0.1) is 0 Å². The van der Waals surface area contributed by atoms with Crippen molar-refractivity contribution >= 4 is 5.70 Å². The summed E-state index contributed by atoms with van der Waals surface area (Å²) in [6, 6.07) is 8.33. The van der Waals surface area contributed by atoms with Crippen LogP contribution in [0, 0.1) is 0 Å². The normalized spacial score (nSPS) is 14.2. The summed E-state index contributed by atoms with van der Waals surface area (Å²) in [7, 11) is 0. The summed E-state index contributed by atoms with van der Waals surface area (Å²) in [4.78, 5) is 0. The molecular formula is C11H15N. The molecule has 64 valence electrons. The molecule has 1 aliphatic carbocycles. The van der Waals surface area contributed by atoms with Gasteiger partial charge in [0.1, 0.15) is 0 Å². The lowest BCUT2D eigenvalue weighted by molar-refractivity contribution is 0.973. The average Bonchev–Trinajstić information content (AvgIpc) is 2.06. The number of aryl methyl sites for hydroxylation is 1. The highest BCUT2D eigenvalue weighted by molar-refractivity contribution is 5.67. The van der Waals surface area contributed by atoms with Gasteiger partial charge >= 0.3 is 0 Å². The first kappa shape index (κ1) is 8.85. The van der Waals surface area contributed by atoms with E-state index in [9.17, 15) is 0 Å². The van der Waals surface area contributed by atoms with E-state index in [4.69, 9.17) is 5.73 Å². The van der Waals surface area contributed by atoms with Crippen molar-refractivity contribution in [3.05, 3.63) is 41.5 Å². The van der Waals surface area contributed by atoms with Gasteiger partial charge in [0.25, 0.3) is 0 Å². The molecule has 0 unspecified atom stereocenters. The van der Waals surface area contributed by atoms with E-state index in [0.29, 0.717) is 0 Å². The molecule has 1 aromatic rings. The van der Waals surface area contributed by atoms with E-state index in [1.165, 1.54) is 11.1 Å². The predicted molar refractivity (Wildman–Crippen MR) is 53.7 cm³/mol. The summed E-state index contributed by atoms with van der Waals surface area (Å²) < 4.78 is 0. The molecule has 0 bridgehead atoms. The van der Waals surface area contributed by atoms with Crippen LogP contribution in [0.4, 0.5) is 0 Å². The van der Waals surface area contributed by atoms with Crippen LogP contribution in [0.3, 0.4) is 0 Å². The fraction of sp³-hybridized carbons (Fsp3) is 0.273. The minimum atomic E-state index is 0. The molecule has 0 amide bonds. The van der Waals surface area contributed by atoms with Crippen LogP contribution >= 0.6 is 0 Å². The van der Waals surface area contributed by atoms with Gasteiger partial charge in [-0.05, 0) is 18.4 Å². The molecule has 0 aromatic heterocycles. The Balaban J connectivity index is 0.000000720. The van der Waals surface area contributed by atoms with Gasteiger partial charge in [-0.2, -0.15) is 0 Å². The topological polar surface area (TPSA) is 26.0 Å². The second-order valence-electron chi connectivity index (χ2n) is 2.86. The monoisotopic (exact) mass is 161 g/mol. The highest BCUT2D eigenvalue weighted by Gasteiger charge is 2.07. The molecule has 1 aromatic carbocycles. The van der Waals surface area contributed by atoms with E-state index >= 15 is 0 Å². The average molecular weight is 161 g/mol. The maximum Gasteiger partial charge on any atom is 0.0350 e. The quantitative estimate of drug-likeness (QED) is 0.621. The number of benzene rings is 1. The van der Waals surface area contributed by atoms with Crippen LogP contribution in [0.1, 0.15) is 25.0 Å². The Hall–Kier alpha value is -1.24. The van der Waals surface area contributed by atoms with Crippen LogP contribution in [0.25, 0.3) is 5.70 Å². The minimum absolute atomic E-state index is 0. The molecule has 1 heteroatoms. The number of allylic oxidation sites excluding steroid dienone is 1. The largest absolute Gasteiger partial charge is 0.398 e. The first-order valence-electron chi connectivity index (χ1n) is 3.92. The summed E-state index contributed by atoms with van der Waals surface area (Å²) >= 11 is 0. The van der Waals surface area contributed by atoms with Crippen molar-refractivity contribution in [2.24, 2.45) is 5.73 Å². The van der Waals surface area contributed by atoms with Crippen molar-refractivity contribution in [3.8, 4) is 0 Å². The molecule has 0 radical (unpaired) electrons. The molecule has 0 fully saturated rings.